The lowest BCUT2D eigenvalue weighted by molar-refractivity contribution is 0.0967. The molecule has 0 aromatic carbocycles. The summed E-state index contributed by atoms with van der Waals surface area (Å²) in [5.41, 5.74) is 0.811. The molecule has 0 aliphatic rings. The first kappa shape index (κ1) is 14.9. The van der Waals surface area contributed by atoms with E-state index in [9.17, 15) is 5.11 Å². The molecule has 102 valence electrons. The highest BCUT2D eigenvalue weighted by Crippen LogP contribution is 2.15. The van der Waals surface area contributed by atoms with E-state index in [1.165, 1.54) is 0 Å². The maximum atomic E-state index is 9.41. The monoisotopic (exact) mass is 254 g/mol. The maximum absolute atomic E-state index is 9.41. The van der Waals surface area contributed by atoms with Gasteiger partial charge in [-0.25, -0.2) is 4.98 Å². The molecule has 1 heterocycles. The van der Waals surface area contributed by atoms with Gasteiger partial charge in [-0.2, -0.15) is 0 Å². The Hall–Kier alpha value is -1.17. The van der Waals surface area contributed by atoms with Crippen molar-refractivity contribution in [3.05, 3.63) is 23.9 Å². The summed E-state index contributed by atoms with van der Waals surface area (Å²) in [7, 11) is 0. The molecular weight excluding hydrogens is 232 g/mol. The quantitative estimate of drug-likeness (QED) is 0.677. The predicted octanol–water partition coefficient (Wildman–Crippen LogP) is 0.970. The summed E-state index contributed by atoms with van der Waals surface area (Å²) >= 11 is 0. The predicted molar refractivity (Wildman–Crippen MR) is 70.7 cm³/mol. The molecule has 0 unspecified atom stereocenters. The smallest absolute Gasteiger partial charge is 0.128 e. The molecular formula is C13H22N2O3. The van der Waals surface area contributed by atoms with E-state index in [4.69, 9.17) is 9.84 Å². The van der Waals surface area contributed by atoms with E-state index in [0.29, 0.717) is 13.2 Å². The van der Waals surface area contributed by atoms with Crippen LogP contribution in [0.15, 0.2) is 18.3 Å². The van der Waals surface area contributed by atoms with Crippen LogP contribution in [0.1, 0.15) is 25.5 Å². The summed E-state index contributed by atoms with van der Waals surface area (Å²) in [6.07, 6.45) is 1.20. The summed E-state index contributed by atoms with van der Waals surface area (Å²) in [5.74, 6) is 0.870. The minimum Gasteiger partial charge on any atom is -0.394 e. The van der Waals surface area contributed by atoms with Crippen molar-refractivity contribution in [2.24, 2.45) is 0 Å². The van der Waals surface area contributed by atoms with Crippen LogP contribution < -0.4 is 4.90 Å². The number of aliphatic hydroxyl groups excluding tert-OH is 2. The molecule has 0 bridgehead atoms. The molecule has 0 aliphatic carbocycles. The number of nitrogens with zero attached hydrogens (tertiary/aromatic N) is 2. The molecule has 0 spiro atoms. The van der Waals surface area contributed by atoms with Crippen LogP contribution in [0.2, 0.25) is 0 Å². The van der Waals surface area contributed by atoms with E-state index in [0.717, 1.165) is 24.5 Å². The summed E-state index contributed by atoms with van der Waals surface area (Å²) in [6, 6.07) is 3.78. The van der Waals surface area contributed by atoms with Gasteiger partial charge in [0.05, 0.1) is 25.9 Å². The molecule has 1 aromatic rings. The summed E-state index contributed by atoms with van der Waals surface area (Å²) in [4.78, 5) is 6.42. The first-order valence-electron chi connectivity index (χ1n) is 6.26. The molecule has 0 saturated heterocycles. The van der Waals surface area contributed by atoms with Crippen LogP contribution in [0, 0.1) is 0 Å². The van der Waals surface area contributed by atoms with Gasteiger partial charge in [0.25, 0.3) is 0 Å². The summed E-state index contributed by atoms with van der Waals surface area (Å²) in [5, 5.41) is 18.0. The van der Waals surface area contributed by atoms with Crippen LogP contribution in [0.4, 0.5) is 5.82 Å². The van der Waals surface area contributed by atoms with Crippen LogP contribution in [-0.2, 0) is 4.74 Å². The fourth-order valence-electron chi connectivity index (χ4n) is 1.61. The molecule has 2 N–H and O–H groups in total. The van der Waals surface area contributed by atoms with Crippen molar-refractivity contribution >= 4 is 5.82 Å². The Morgan fingerprint density at radius 3 is 2.67 bits per heavy atom. The number of hydrogen-bond donors (Lipinski definition) is 2. The third kappa shape index (κ3) is 4.60. The van der Waals surface area contributed by atoms with Gasteiger partial charge in [0.1, 0.15) is 5.82 Å². The molecule has 0 aliphatic heterocycles. The van der Waals surface area contributed by atoms with Crippen LogP contribution >= 0.6 is 0 Å². The highest BCUT2D eigenvalue weighted by molar-refractivity contribution is 5.39. The Balaban J connectivity index is 2.53. The Kier molecular flexibility index (Phi) is 6.64. The van der Waals surface area contributed by atoms with Crippen molar-refractivity contribution in [3.63, 3.8) is 0 Å². The minimum absolute atomic E-state index is 0.0491. The van der Waals surface area contributed by atoms with Crippen molar-refractivity contribution < 1.29 is 14.9 Å². The average molecular weight is 254 g/mol. The lowest BCUT2D eigenvalue weighted by Crippen LogP contribution is -2.28. The molecule has 5 nitrogen and oxygen atoms in total. The number of pyridine rings is 1. The van der Waals surface area contributed by atoms with E-state index in [1.807, 2.05) is 12.1 Å². The molecule has 0 fully saturated rings. The second kappa shape index (κ2) is 8.02. The van der Waals surface area contributed by atoms with Gasteiger partial charge in [0.15, 0.2) is 0 Å². The highest BCUT2D eigenvalue weighted by atomic mass is 16.5. The number of ether oxygens (including phenoxy) is 1. The van der Waals surface area contributed by atoms with E-state index >= 15 is 0 Å². The number of likely N-dealkylation sites (N-methyl/N-ethyl adjacent to an activating group) is 1. The van der Waals surface area contributed by atoms with Gasteiger partial charge in [0.2, 0.25) is 0 Å². The van der Waals surface area contributed by atoms with Crippen molar-refractivity contribution in [1.29, 1.82) is 0 Å². The molecule has 1 aromatic heterocycles. The second-order valence-electron chi connectivity index (χ2n) is 4.04. The van der Waals surface area contributed by atoms with Gasteiger partial charge in [-0.3, -0.25) is 0 Å². The molecule has 0 radical (unpaired) electrons. The fourth-order valence-corrected chi connectivity index (χ4v) is 1.61. The van der Waals surface area contributed by atoms with Gasteiger partial charge in [0, 0.05) is 19.3 Å². The third-order valence-electron chi connectivity index (χ3n) is 2.70. The Bertz CT molecular complexity index is 328. The summed E-state index contributed by atoms with van der Waals surface area (Å²) < 4.78 is 5.24. The zero-order valence-electron chi connectivity index (χ0n) is 11.0. The van der Waals surface area contributed by atoms with E-state index in [2.05, 4.69) is 16.8 Å². The Morgan fingerprint density at radius 1 is 1.39 bits per heavy atom. The largest absolute Gasteiger partial charge is 0.394 e. The first-order chi connectivity index (χ1) is 8.69. The van der Waals surface area contributed by atoms with Crippen LogP contribution in [0.3, 0.4) is 0 Å². The van der Waals surface area contributed by atoms with E-state index < -0.39 is 6.10 Å². The Labute approximate surface area is 108 Å². The molecule has 0 amide bonds. The van der Waals surface area contributed by atoms with Gasteiger partial charge in [-0.05, 0) is 25.5 Å². The SMILES string of the molecule is CCN(CCOCCO)c1ccc([C@@H](C)O)cn1. The van der Waals surface area contributed by atoms with E-state index in [-0.39, 0.29) is 6.61 Å². The number of rotatable bonds is 8. The van der Waals surface area contributed by atoms with Crippen LogP contribution in [-0.4, -0.2) is 48.1 Å². The lowest BCUT2D eigenvalue weighted by atomic mass is 10.2. The zero-order chi connectivity index (χ0) is 13.4. The molecule has 18 heavy (non-hydrogen) atoms. The number of anilines is 1. The van der Waals surface area contributed by atoms with E-state index in [1.54, 1.807) is 13.1 Å². The normalized spacial score (nSPS) is 12.4. The van der Waals surface area contributed by atoms with Gasteiger partial charge < -0.3 is 19.8 Å². The average Bonchev–Trinajstić information content (AvgIpc) is 2.39. The Morgan fingerprint density at radius 2 is 2.17 bits per heavy atom. The lowest BCUT2D eigenvalue weighted by Gasteiger charge is -2.22. The molecule has 0 saturated carbocycles. The highest BCUT2D eigenvalue weighted by Gasteiger charge is 2.07. The van der Waals surface area contributed by atoms with Gasteiger partial charge >= 0.3 is 0 Å². The van der Waals surface area contributed by atoms with Gasteiger partial charge in [-0.15, -0.1) is 0 Å². The van der Waals surface area contributed by atoms with Crippen molar-refractivity contribution in [2.75, 3.05) is 37.8 Å². The second-order valence-corrected chi connectivity index (χ2v) is 4.04. The number of hydrogen-bond acceptors (Lipinski definition) is 5. The molecule has 5 heteroatoms. The zero-order valence-corrected chi connectivity index (χ0v) is 11.0. The van der Waals surface area contributed by atoms with Crippen molar-refractivity contribution in [3.8, 4) is 0 Å². The molecule has 1 rings (SSSR count). The van der Waals surface area contributed by atoms with Crippen molar-refractivity contribution in [1.82, 2.24) is 4.98 Å². The molecule has 1 atom stereocenters. The van der Waals surface area contributed by atoms with Crippen molar-refractivity contribution in [2.45, 2.75) is 20.0 Å². The number of aromatic nitrogens is 1. The standard InChI is InChI=1S/C13H22N2O3/c1-3-15(6-8-18-9-7-16)13-5-4-12(10-14-13)11(2)17/h4-5,10-11,16-17H,3,6-9H2,1-2H3/t11-/m1/s1. The number of aliphatic hydroxyl groups is 2. The minimum atomic E-state index is -0.491. The fraction of sp³-hybridized carbons (Fsp3) is 0.615. The van der Waals surface area contributed by atoms with Crippen LogP contribution in [0.25, 0.3) is 0 Å². The van der Waals surface area contributed by atoms with Crippen LogP contribution in [0.5, 0.6) is 0 Å². The van der Waals surface area contributed by atoms with Gasteiger partial charge in [-0.1, -0.05) is 6.07 Å². The summed E-state index contributed by atoms with van der Waals surface area (Å²) in [6.45, 7) is 6.32. The third-order valence-corrected chi connectivity index (χ3v) is 2.70. The first-order valence-corrected chi connectivity index (χ1v) is 6.26. The topological polar surface area (TPSA) is 65.8 Å². The maximum Gasteiger partial charge on any atom is 0.128 e.